The molecule has 0 amide bonds. The molecule has 2 nitrogen and oxygen atoms in total. The van der Waals surface area contributed by atoms with Gasteiger partial charge >= 0.3 is 0 Å². The first-order chi connectivity index (χ1) is 8.22. The van der Waals surface area contributed by atoms with E-state index < -0.39 is 0 Å². The summed E-state index contributed by atoms with van der Waals surface area (Å²) < 4.78 is 1.00. The van der Waals surface area contributed by atoms with Crippen LogP contribution in [0.4, 0.5) is 0 Å². The average Bonchev–Trinajstić information content (AvgIpc) is 2.38. The fourth-order valence-electron chi connectivity index (χ4n) is 1.56. The fraction of sp³-hybridized carbons (Fsp3) is 0. The maximum Gasteiger partial charge on any atom is 0.194 e. The summed E-state index contributed by atoms with van der Waals surface area (Å²) in [5.74, 6) is -0.110. The van der Waals surface area contributed by atoms with Crippen LogP contribution in [0.25, 0.3) is 0 Å². The van der Waals surface area contributed by atoms with Gasteiger partial charge in [0.2, 0.25) is 0 Å². The van der Waals surface area contributed by atoms with Crippen molar-refractivity contribution in [2.45, 2.75) is 0 Å². The molecule has 0 aliphatic carbocycles. The van der Waals surface area contributed by atoms with Gasteiger partial charge in [0.05, 0.1) is 11.6 Å². The Morgan fingerprint density at radius 2 is 1.88 bits per heavy atom. The molecule has 0 unspecified atom stereocenters. The Morgan fingerprint density at radius 3 is 2.59 bits per heavy atom. The van der Waals surface area contributed by atoms with Gasteiger partial charge in [-0.15, -0.1) is 0 Å². The number of benzene rings is 2. The molecule has 0 fully saturated rings. The summed E-state index contributed by atoms with van der Waals surface area (Å²) in [6, 6.07) is 16.2. The lowest BCUT2D eigenvalue weighted by molar-refractivity contribution is 0.103. The van der Waals surface area contributed by atoms with E-state index in [2.05, 4.69) is 22.6 Å². The minimum atomic E-state index is -0.110. The summed E-state index contributed by atoms with van der Waals surface area (Å²) in [6.07, 6.45) is 0. The van der Waals surface area contributed by atoms with Crippen LogP contribution in [0, 0.1) is 14.9 Å². The SMILES string of the molecule is N#Cc1ccccc1C(=O)c1cccc(I)c1. The predicted molar refractivity (Wildman–Crippen MR) is 73.7 cm³/mol. The second kappa shape index (κ2) is 5.11. The van der Waals surface area contributed by atoms with Crippen molar-refractivity contribution in [1.29, 1.82) is 5.26 Å². The van der Waals surface area contributed by atoms with Gasteiger partial charge in [0.1, 0.15) is 0 Å². The average molecular weight is 333 g/mol. The molecule has 2 aromatic carbocycles. The Labute approximate surface area is 113 Å². The Morgan fingerprint density at radius 1 is 1.12 bits per heavy atom. The smallest absolute Gasteiger partial charge is 0.194 e. The van der Waals surface area contributed by atoms with Crippen molar-refractivity contribution in [2.75, 3.05) is 0 Å². The molecule has 0 aliphatic heterocycles. The number of carbonyl (C=O) groups is 1. The summed E-state index contributed by atoms with van der Waals surface area (Å²) in [7, 11) is 0. The number of hydrogen-bond acceptors (Lipinski definition) is 2. The van der Waals surface area contributed by atoms with Gasteiger partial charge < -0.3 is 0 Å². The molecular weight excluding hydrogens is 325 g/mol. The van der Waals surface area contributed by atoms with E-state index in [9.17, 15) is 4.79 Å². The zero-order chi connectivity index (χ0) is 12.3. The third-order valence-corrected chi connectivity index (χ3v) is 3.05. The lowest BCUT2D eigenvalue weighted by Crippen LogP contribution is -2.03. The number of hydrogen-bond donors (Lipinski definition) is 0. The Balaban J connectivity index is 2.48. The van der Waals surface area contributed by atoms with Crippen LogP contribution in [0.5, 0.6) is 0 Å². The quantitative estimate of drug-likeness (QED) is 0.624. The lowest BCUT2D eigenvalue weighted by Gasteiger charge is -2.03. The van der Waals surface area contributed by atoms with Crippen molar-refractivity contribution < 1.29 is 4.79 Å². The van der Waals surface area contributed by atoms with E-state index >= 15 is 0 Å². The summed E-state index contributed by atoms with van der Waals surface area (Å²) in [6.45, 7) is 0. The molecule has 0 aromatic heterocycles. The van der Waals surface area contributed by atoms with Gasteiger partial charge in [0.15, 0.2) is 5.78 Å². The number of halogens is 1. The highest BCUT2D eigenvalue weighted by atomic mass is 127. The van der Waals surface area contributed by atoms with Crippen molar-refractivity contribution >= 4 is 28.4 Å². The van der Waals surface area contributed by atoms with E-state index in [0.29, 0.717) is 16.7 Å². The number of nitriles is 1. The van der Waals surface area contributed by atoms with Crippen molar-refractivity contribution in [3.05, 3.63) is 68.8 Å². The molecule has 0 atom stereocenters. The van der Waals surface area contributed by atoms with Crippen LogP contribution < -0.4 is 0 Å². The molecular formula is C14H8INO. The maximum absolute atomic E-state index is 12.2. The van der Waals surface area contributed by atoms with Crippen LogP contribution in [0.2, 0.25) is 0 Å². The topological polar surface area (TPSA) is 40.9 Å². The Kier molecular flexibility index (Phi) is 3.55. The first kappa shape index (κ1) is 11.8. The van der Waals surface area contributed by atoms with Crippen molar-refractivity contribution in [2.24, 2.45) is 0 Å². The van der Waals surface area contributed by atoms with Gasteiger partial charge in [0.25, 0.3) is 0 Å². The summed E-state index contributed by atoms with van der Waals surface area (Å²) in [5.41, 5.74) is 1.48. The summed E-state index contributed by atoms with van der Waals surface area (Å²) in [4.78, 5) is 12.2. The molecule has 0 spiro atoms. The fourth-order valence-corrected chi connectivity index (χ4v) is 2.11. The molecule has 3 heteroatoms. The summed E-state index contributed by atoms with van der Waals surface area (Å²) in [5, 5.41) is 8.97. The highest BCUT2D eigenvalue weighted by molar-refractivity contribution is 14.1. The van der Waals surface area contributed by atoms with Crippen LogP contribution in [-0.2, 0) is 0 Å². The predicted octanol–water partition coefficient (Wildman–Crippen LogP) is 3.39. The van der Waals surface area contributed by atoms with Gasteiger partial charge in [-0.3, -0.25) is 4.79 Å². The highest BCUT2D eigenvalue weighted by Gasteiger charge is 2.12. The van der Waals surface area contributed by atoms with Crippen molar-refractivity contribution in [3.8, 4) is 6.07 Å². The van der Waals surface area contributed by atoms with E-state index in [-0.39, 0.29) is 5.78 Å². The van der Waals surface area contributed by atoms with Crippen LogP contribution in [0.3, 0.4) is 0 Å². The Hall–Kier alpha value is -1.67. The molecule has 0 saturated carbocycles. The number of nitrogens with zero attached hydrogens (tertiary/aromatic N) is 1. The third-order valence-electron chi connectivity index (χ3n) is 2.38. The van der Waals surface area contributed by atoms with E-state index in [1.54, 1.807) is 30.3 Å². The first-order valence-corrected chi connectivity index (χ1v) is 6.09. The largest absolute Gasteiger partial charge is 0.289 e. The second-order valence-electron chi connectivity index (χ2n) is 3.50. The number of rotatable bonds is 2. The first-order valence-electron chi connectivity index (χ1n) is 5.02. The second-order valence-corrected chi connectivity index (χ2v) is 4.74. The monoisotopic (exact) mass is 333 g/mol. The Bertz CT molecular complexity index is 614. The zero-order valence-corrected chi connectivity index (χ0v) is 11.0. The zero-order valence-electron chi connectivity index (χ0n) is 8.85. The molecule has 17 heavy (non-hydrogen) atoms. The van der Waals surface area contributed by atoms with Crippen LogP contribution >= 0.6 is 22.6 Å². The van der Waals surface area contributed by atoms with E-state index in [0.717, 1.165) is 3.57 Å². The van der Waals surface area contributed by atoms with E-state index in [4.69, 9.17) is 5.26 Å². The normalized spacial score (nSPS) is 9.65. The minimum absolute atomic E-state index is 0.110. The molecule has 0 bridgehead atoms. The molecule has 0 radical (unpaired) electrons. The van der Waals surface area contributed by atoms with Gasteiger partial charge in [-0.05, 0) is 46.9 Å². The number of carbonyl (C=O) groups excluding carboxylic acids is 1. The molecule has 2 rings (SSSR count). The highest BCUT2D eigenvalue weighted by Crippen LogP contribution is 2.15. The van der Waals surface area contributed by atoms with Gasteiger partial charge in [-0.25, -0.2) is 0 Å². The van der Waals surface area contributed by atoms with Crippen LogP contribution in [-0.4, -0.2) is 5.78 Å². The standard InChI is InChI=1S/C14H8INO/c15-12-6-3-5-10(8-12)14(17)13-7-2-1-4-11(13)9-16/h1-8H. The van der Waals surface area contributed by atoms with E-state index in [1.807, 2.05) is 24.3 Å². The van der Waals surface area contributed by atoms with Gasteiger partial charge in [-0.2, -0.15) is 5.26 Å². The molecule has 0 N–H and O–H groups in total. The third kappa shape index (κ3) is 2.53. The maximum atomic E-state index is 12.2. The molecule has 0 heterocycles. The molecule has 0 saturated heterocycles. The molecule has 82 valence electrons. The van der Waals surface area contributed by atoms with Crippen molar-refractivity contribution in [3.63, 3.8) is 0 Å². The lowest BCUT2D eigenvalue weighted by atomic mass is 9.99. The summed E-state index contributed by atoms with van der Waals surface area (Å²) >= 11 is 2.16. The van der Waals surface area contributed by atoms with Crippen molar-refractivity contribution in [1.82, 2.24) is 0 Å². The molecule has 0 aliphatic rings. The molecule has 2 aromatic rings. The number of ketones is 1. The van der Waals surface area contributed by atoms with Gasteiger partial charge in [-0.1, -0.05) is 24.3 Å². The van der Waals surface area contributed by atoms with Gasteiger partial charge in [0, 0.05) is 14.7 Å². The van der Waals surface area contributed by atoms with Crippen LogP contribution in [0.15, 0.2) is 48.5 Å². The van der Waals surface area contributed by atoms with E-state index in [1.165, 1.54) is 0 Å². The minimum Gasteiger partial charge on any atom is -0.289 e. The van der Waals surface area contributed by atoms with Crippen LogP contribution in [0.1, 0.15) is 21.5 Å².